The van der Waals surface area contributed by atoms with E-state index in [0.29, 0.717) is 5.57 Å². The van der Waals surface area contributed by atoms with Crippen molar-refractivity contribution in [2.45, 2.75) is 13.3 Å². The molecule has 1 amide bonds. The summed E-state index contributed by atoms with van der Waals surface area (Å²) in [6, 6.07) is 9.71. The van der Waals surface area contributed by atoms with Crippen LogP contribution in [0.25, 0.3) is 5.57 Å². The second kappa shape index (κ2) is 4.81. The van der Waals surface area contributed by atoms with Crippen molar-refractivity contribution in [3.8, 4) is 0 Å². The van der Waals surface area contributed by atoms with Gasteiger partial charge in [-0.15, -0.1) is 0 Å². The van der Waals surface area contributed by atoms with Gasteiger partial charge in [-0.1, -0.05) is 55.5 Å². The van der Waals surface area contributed by atoms with E-state index < -0.39 is 0 Å². The number of amides is 1. The number of dihydropyridines is 1. The lowest BCUT2D eigenvalue weighted by atomic mass is 9.86. The average molecular weight is 249 g/mol. The Morgan fingerprint density at radius 2 is 2.00 bits per heavy atom. The molecule has 0 spiro atoms. The number of allylic oxidation sites excluding steroid dienone is 5. The molecule has 0 saturated carbocycles. The van der Waals surface area contributed by atoms with Crippen molar-refractivity contribution >= 4 is 17.2 Å². The lowest BCUT2D eigenvalue weighted by molar-refractivity contribution is -0.112. The molecule has 0 fully saturated rings. The molecule has 1 aromatic rings. The van der Waals surface area contributed by atoms with E-state index in [1.165, 1.54) is 0 Å². The zero-order chi connectivity index (χ0) is 13.2. The van der Waals surface area contributed by atoms with E-state index in [2.05, 4.69) is 24.1 Å². The molecule has 1 atom stereocenters. The summed E-state index contributed by atoms with van der Waals surface area (Å²) in [5.41, 5.74) is 3.59. The van der Waals surface area contributed by atoms with Crippen LogP contribution in [0, 0.1) is 5.92 Å². The van der Waals surface area contributed by atoms with Crippen molar-refractivity contribution in [3.05, 3.63) is 65.8 Å². The van der Waals surface area contributed by atoms with Gasteiger partial charge in [-0.2, -0.15) is 0 Å². The highest BCUT2D eigenvalue weighted by Gasteiger charge is 2.25. The first kappa shape index (κ1) is 11.8. The first-order chi connectivity index (χ1) is 9.29. The highest BCUT2D eigenvalue weighted by Crippen LogP contribution is 2.29. The van der Waals surface area contributed by atoms with Gasteiger partial charge >= 0.3 is 0 Å². The number of hydrogen-bond acceptors (Lipinski definition) is 1. The van der Waals surface area contributed by atoms with Crippen LogP contribution in [0.2, 0.25) is 0 Å². The van der Waals surface area contributed by atoms with Gasteiger partial charge in [-0.05, 0) is 23.6 Å². The largest absolute Gasteiger partial charge is 0.277 e. The second-order valence-corrected chi connectivity index (χ2v) is 4.75. The Kier molecular flexibility index (Phi) is 3.00. The predicted molar refractivity (Wildman–Crippen MR) is 77.9 cm³/mol. The average Bonchev–Trinajstić information content (AvgIpc) is 2.47. The molecule has 0 aromatic heterocycles. The van der Waals surface area contributed by atoms with E-state index in [9.17, 15) is 4.79 Å². The van der Waals surface area contributed by atoms with Gasteiger partial charge in [0.15, 0.2) is 0 Å². The molecule has 3 rings (SSSR count). The van der Waals surface area contributed by atoms with Crippen LogP contribution in [0.3, 0.4) is 0 Å². The van der Waals surface area contributed by atoms with Crippen LogP contribution in [-0.2, 0) is 4.79 Å². The Balaban J connectivity index is 2.04. The first-order valence-corrected chi connectivity index (χ1v) is 6.58. The van der Waals surface area contributed by atoms with Crippen LogP contribution in [0.5, 0.6) is 0 Å². The standard InChI is InChI=1S/C17H15NO/c1-2-12-9-6-10-14-11-15(17(19)18-16(12)14)13-7-4-3-5-8-13/h3-12H,2H2,1H3. The van der Waals surface area contributed by atoms with Crippen LogP contribution in [0.15, 0.2) is 65.2 Å². The molecule has 1 aromatic carbocycles. The lowest BCUT2D eigenvalue weighted by Gasteiger charge is -2.22. The molecule has 2 heteroatoms. The lowest BCUT2D eigenvalue weighted by Crippen LogP contribution is -2.22. The predicted octanol–water partition coefficient (Wildman–Crippen LogP) is 3.57. The van der Waals surface area contributed by atoms with Crippen molar-refractivity contribution in [1.82, 2.24) is 0 Å². The summed E-state index contributed by atoms with van der Waals surface area (Å²) < 4.78 is 0. The number of benzene rings is 1. The molecule has 2 aliphatic rings. The van der Waals surface area contributed by atoms with Gasteiger partial charge in [0.05, 0.1) is 5.71 Å². The summed E-state index contributed by atoms with van der Waals surface area (Å²) in [5.74, 6) is 0.129. The van der Waals surface area contributed by atoms with Crippen molar-refractivity contribution in [2.24, 2.45) is 10.9 Å². The van der Waals surface area contributed by atoms with E-state index in [1.54, 1.807) is 0 Å². The molecular weight excluding hydrogens is 234 g/mol. The Labute approximate surface area is 112 Å². The van der Waals surface area contributed by atoms with Crippen LogP contribution < -0.4 is 0 Å². The third kappa shape index (κ3) is 2.10. The molecular formula is C17H15NO. The van der Waals surface area contributed by atoms with Gasteiger partial charge in [0.2, 0.25) is 0 Å². The van der Waals surface area contributed by atoms with Gasteiger partial charge in [-0.3, -0.25) is 4.79 Å². The first-order valence-electron chi connectivity index (χ1n) is 6.58. The smallest absolute Gasteiger partial charge is 0.267 e. The van der Waals surface area contributed by atoms with Crippen LogP contribution in [0.4, 0.5) is 0 Å². The molecule has 19 heavy (non-hydrogen) atoms. The van der Waals surface area contributed by atoms with Gasteiger partial charge in [0.25, 0.3) is 5.91 Å². The minimum absolute atomic E-state index is 0.132. The van der Waals surface area contributed by atoms with Crippen molar-refractivity contribution in [1.29, 1.82) is 0 Å². The molecule has 0 saturated heterocycles. The second-order valence-electron chi connectivity index (χ2n) is 4.75. The molecule has 1 aliphatic carbocycles. The zero-order valence-electron chi connectivity index (χ0n) is 10.8. The molecule has 1 heterocycles. The minimum Gasteiger partial charge on any atom is -0.267 e. The maximum Gasteiger partial charge on any atom is 0.277 e. The number of carbonyl (C=O) groups excluding carboxylic acids is 1. The van der Waals surface area contributed by atoms with Gasteiger partial charge in [-0.25, -0.2) is 4.99 Å². The van der Waals surface area contributed by atoms with Crippen molar-refractivity contribution < 1.29 is 4.79 Å². The third-order valence-electron chi connectivity index (χ3n) is 3.54. The van der Waals surface area contributed by atoms with E-state index in [-0.39, 0.29) is 11.8 Å². The Morgan fingerprint density at radius 1 is 1.21 bits per heavy atom. The Bertz CT molecular complexity index is 632. The van der Waals surface area contributed by atoms with E-state index in [1.807, 2.05) is 42.5 Å². The number of hydrogen-bond donors (Lipinski definition) is 0. The summed E-state index contributed by atoms with van der Waals surface area (Å²) in [5, 5.41) is 0. The van der Waals surface area contributed by atoms with E-state index in [4.69, 9.17) is 0 Å². The fraction of sp³-hybridized carbons (Fsp3) is 0.176. The van der Waals surface area contributed by atoms with Gasteiger partial charge in [0.1, 0.15) is 0 Å². The van der Waals surface area contributed by atoms with Gasteiger partial charge < -0.3 is 0 Å². The number of aliphatic imine (C=N–C) groups is 1. The quantitative estimate of drug-likeness (QED) is 0.787. The highest BCUT2D eigenvalue weighted by molar-refractivity contribution is 6.30. The Morgan fingerprint density at radius 3 is 2.74 bits per heavy atom. The minimum atomic E-state index is -0.132. The number of fused-ring (bicyclic) bond motifs is 1. The summed E-state index contributed by atoms with van der Waals surface area (Å²) in [6.07, 6.45) is 9.12. The van der Waals surface area contributed by atoms with Gasteiger partial charge in [0, 0.05) is 11.5 Å². The monoisotopic (exact) mass is 249 g/mol. The summed E-state index contributed by atoms with van der Waals surface area (Å²) >= 11 is 0. The van der Waals surface area contributed by atoms with Crippen LogP contribution in [0.1, 0.15) is 18.9 Å². The molecule has 1 aliphatic heterocycles. The van der Waals surface area contributed by atoms with E-state index >= 15 is 0 Å². The zero-order valence-corrected chi connectivity index (χ0v) is 10.8. The van der Waals surface area contributed by atoms with Crippen LogP contribution >= 0.6 is 0 Å². The summed E-state index contributed by atoms with van der Waals surface area (Å²) in [4.78, 5) is 16.5. The molecule has 0 radical (unpaired) electrons. The summed E-state index contributed by atoms with van der Waals surface area (Å²) in [7, 11) is 0. The number of carbonyl (C=O) groups is 1. The highest BCUT2D eigenvalue weighted by atomic mass is 16.1. The molecule has 2 nitrogen and oxygen atoms in total. The molecule has 0 bridgehead atoms. The maximum atomic E-state index is 12.2. The molecule has 94 valence electrons. The Hall–Kier alpha value is -2.22. The van der Waals surface area contributed by atoms with Crippen LogP contribution in [-0.4, -0.2) is 11.6 Å². The maximum absolute atomic E-state index is 12.2. The van der Waals surface area contributed by atoms with E-state index in [0.717, 1.165) is 23.3 Å². The van der Waals surface area contributed by atoms with Crippen molar-refractivity contribution in [2.75, 3.05) is 0 Å². The summed E-state index contributed by atoms with van der Waals surface area (Å²) in [6.45, 7) is 2.11. The fourth-order valence-corrected chi connectivity index (χ4v) is 2.49. The normalized spacial score (nSPS) is 21.4. The SMILES string of the molecule is CCC1C=CC=C2C=C(c3ccccc3)C(=O)N=C21. The fourth-order valence-electron chi connectivity index (χ4n) is 2.49. The van der Waals surface area contributed by atoms with Crippen molar-refractivity contribution in [3.63, 3.8) is 0 Å². The number of rotatable bonds is 2. The molecule has 1 unspecified atom stereocenters. The molecule has 0 N–H and O–H groups in total. The number of nitrogens with zero attached hydrogens (tertiary/aromatic N) is 1. The topological polar surface area (TPSA) is 29.4 Å². The third-order valence-corrected chi connectivity index (χ3v) is 3.54.